The SMILES string of the molecule is C=CCN1CC(=O)N2[C@H](CN(Cc3cccc4c(-c5ccc(NC(=O)Nc6ccc(N7CCN(C)CC7)nc6)cc5)cn(C)c34)C(=O)[C@@H]2Cc2ccc(O)cc2)N1. The second kappa shape index (κ2) is 16.1. The van der Waals surface area contributed by atoms with Crippen molar-refractivity contribution in [2.45, 2.75) is 25.2 Å². The molecule has 0 radical (unpaired) electrons. The van der Waals surface area contributed by atoms with Gasteiger partial charge in [0.1, 0.15) is 23.8 Å². The molecule has 5 heterocycles. The van der Waals surface area contributed by atoms with E-state index in [0.29, 0.717) is 37.4 Å². The molecule has 0 saturated carbocycles. The number of phenolic OH excluding ortho intramolecular Hbond substituents is 1. The number of hydrazine groups is 1. The number of pyridine rings is 1. The van der Waals surface area contributed by atoms with Gasteiger partial charge in [-0.3, -0.25) is 9.59 Å². The summed E-state index contributed by atoms with van der Waals surface area (Å²) in [6, 6.07) is 23.4. The number of aryl methyl sites for hydroxylation is 1. The lowest BCUT2D eigenvalue weighted by Gasteiger charge is -2.50. The summed E-state index contributed by atoms with van der Waals surface area (Å²) in [5.41, 5.74) is 9.58. The number of carbonyl (C=O) groups excluding carboxylic acids is 3. The van der Waals surface area contributed by atoms with Crippen LogP contribution >= 0.6 is 0 Å². The van der Waals surface area contributed by atoms with Crippen LogP contribution in [0.3, 0.4) is 0 Å². The normalized spacial score (nSPS) is 19.2. The molecule has 3 aliphatic rings. The van der Waals surface area contributed by atoms with Crippen molar-refractivity contribution in [2.24, 2.45) is 7.05 Å². The molecule has 4 N–H and O–H groups in total. The minimum Gasteiger partial charge on any atom is -0.508 e. The number of phenols is 1. The number of carbonyl (C=O) groups is 3. The van der Waals surface area contributed by atoms with Gasteiger partial charge < -0.3 is 39.9 Å². The van der Waals surface area contributed by atoms with Gasteiger partial charge in [-0.05, 0) is 60.1 Å². The number of nitrogens with zero attached hydrogens (tertiary/aromatic N) is 7. The van der Waals surface area contributed by atoms with E-state index < -0.39 is 12.2 Å². The molecule has 0 spiro atoms. The number of anilines is 3. The number of aromatic nitrogens is 2. The summed E-state index contributed by atoms with van der Waals surface area (Å²) in [6.45, 7) is 8.98. The number of urea groups is 1. The van der Waals surface area contributed by atoms with Crippen LogP contribution in [0, 0.1) is 0 Å². The number of rotatable bonds is 10. The molecule has 0 unspecified atom stereocenters. The molecule has 57 heavy (non-hydrogen) atoms. The van der Waals surface area contributed by atoms with Gasteiger partial charge in [0, 0.05) is 75.6 Å². The maximum Gasteiger partial charge on any atom is 0.323 e. The molecular weight excluding hydrogens is 721 g/mol. The summed E-state index contributed by atoms with van der Waals surface area (Å²) in [4.78, 5) is 53.4. The van der Waals surface area contributed by atoms with Crippen molar-refractivity contribution in [3.8, 4) is 16.9 Å². The molecule has 4 amide bonds. The predicted octanol–water partition coefficient (Wildman–Crippen LogP) is 4.46. The van der Waals surface area contributed by atoms with E-state index in [1.165, 1.54) is 0 Å². The van der Waals surface area contributed by atoms with E-state index in [2.05, 4.69) is 61.3 Å². The number of hydrogen-bond donors (Lipinski definition) is 4. The Bertz CT molecular complexity index is 2270. The Morgan fingerprint density at radius 2 is 1.68 bits per heavy atom. The lowest BCUT2D eigenvalue weighted by molar-refractivity contribution is -0.168. The quantitative estimate of drug-likeness (QED) is 0.152. The smallest absolute Gasteiger partial charge is 0.323 e. The largest absolute Gasteiger partial charge is 0.508 e. The maximum atomic E-state index is 14.3. The van der Waals surface area contributed by atoms with Gasteiger partial charge in [0.25, 0.3) is 0 Å². The first kappa shape index (κ1) is 37.7. The van der Waals surface area contributed by atoms with Crippen LogP contribution in [0.2, 0.25) is 0 Å². The minimum atomic E-state index is -0.707. The first-order valence-corrected chi connectivity index (χ1v) is 19.3. The third-order valence-corrected chi connectivity index (χ3v) is 11.1. The van der Waals surface area contributed by atoms with Gasteiger partial charge in [-0.1, -0.05) is 48.5 Å². The van der Waals surface area contributed by atoms with Crippen molar-refractivity contribution in [1.82, 2.24) is 34.7 Å². The summed E-state index contributed by atoms with van der Waals surface area (Å²) in [5.74, 6) is 0.815. The highest BCUT2D eigenvalue weighted by Gasteiger charge is 2.46. The number of para-hydroxylation sites is 1. The summed E-state index contributed by atoms with van der Waals surface area (Å²) in [7, 11) is 4.12. The minimum absolute atomic E-state index is 0.114. The van der Waals surface area contributed by atoms with Crippen LogP contribution in [-0.4, -0.2) is 117 Å². The zero-order valence-corrected chi connectivity index (χ0v) is 32.3. The van der Waals surface area contributed by atoms with Crippen molar-refractivity contribution in [2.75, 3.05) is 68.4 Å². The van der Waals surface area contributed by atoms with E-state index in [0.717, 1.165) is 65.2 Å². The monoisotopic (exact) mass is 768 g/mol. The molecule has 3 saturated heterocycles. The van der Waals surface area contributed by atoms with Crippen LogP contribution in [0.1, 0.15) is 11.1 Å². The maximum absolute atomic E-state index is 14.3. The number of amides is 4. The fourth-order valence-electron chi connectivity index (χ4n) is 8.17. The molecule has 3 aromatic carbocycles. The van der Waals surface area contributed by atoms with Gasteiger partial charge in [0.2, 0.25) is 11.8 Å². The van der Waals surface area contributed by atoms with Crippen molar-refractivity contribution in [3.63, 3.8) is 0 Å². The Hall–Kier alpha value is -6.22. The average molecular weight is 769 g/mol. The molecule has 0 bridgehead atoms. The van der Waals surface area contributed by atoms with E-state index in [4.69, 9.17) is 0 Å². The molecule has 2 aromatic heterocycles. The molecule has 2 atom stereocenters. The first-order chi connectivity index (χ1) is 27.6. The van der Waals surface area contributed by atoms with E-state index in [1.54, 1.807) is 41.4 Å². The molecule has 14 heteroatoms. The van der Waals surface area contributed by atoms with Crippen molar-refractivity contribution < 1.29 is 19.5 Å². The summed E-state index contributed by atoms with van der Waals surface area (Å²) >= 11 is 0. The van der Waals surface area contributed by atoms with Gasteiger partial charge in [0.15, 0.2) is 0 Å². The molecule has 14 nitrogen and oxygen atoms in total. The van der Waals surface area contributed by atoms with Gasteiger partial charge in [0.05, 0.1) is 30.5 Å². The van der Waals surface area contributed by atoms with Crippen molar-refractivity contribution in [3.05, 3.63) is 115 Å². The van der Waals surface area contributed by atoms with Crippen LogP contribution in [0.25, 0.3) is 22.0 Å². The first-order valence-electron chi connectivity index (χ1n) is 19.3. The zero-order valence-electron chi connectivity index (χ0n) is 32.3. The Balaban J connectivity index is 0.972. The predicted molar refractivity (Wildman–Crippen MR) is 221 cm³/mol. The third kappa shape index (κ3) is 8.05. The van der Waals surface area contributed by atoms with Gasteiger partial charge in [-0.25, -0.2) is 20.2 Å². The van der Waals surface area contributed by atoms with Gasteiger partial charge >= 0.3 is 6.03 Å². The highest BCUT2D eigenvalue weighted by atomic mass is 16.3. The number of piperazine rings is 2. The number of benzene rings is 3. The molecule has 294 valence electrons. The lowest BCUT2D eigenvalue weighted by Crippen LogP contribution is -2.74. The summed E-state index contributed by atoms with van der Waals surface area (Å²) in [6.07, 6.45) is 5.44. The number of nitrogens with one attached hydrogen (secondary N) is 3. The summed E-state index contributed by atoms with van der Waals surface area (Å²) in [5, 5.41) is 18.5. The number of aromatic hydroxyl groups is 1. The van der Waals surface area contributed by atoms with Crippen LogP contribution in [-0.2, 0) is 29.6 Å². The molecular formula is C43H48N10O4. The Labute approximate surface area is 331 Å². The fourth-order valence-corrected chi connectivity index (χ4v) is 8.17. The standard InChI is InChI=1S/C43H48N10O4/c1-4-18-52-28-40(55)53-37(23-29-8-15-34(54)16-9-29)42(56)51(27-39(53)47-52)25-31-6-5-7-35-36(26-49(3)41(31)35)30-10-12-32(13-11-30)45-43(57)46-33-14-17-38(44-24-33)50-21-19-48(2)20-22-50/h4-17,24,26,37,39,47,54H,1,18-23,25,27-28H2,2-3H3,(H2,45,46,57)/t37-,39+/m0/s1. The number of hydrogen-bond acceptors (Lipinski definition) is 9. The van der Waals surface area contributed by atoms with Crippen LogP contribution < -0.4 is 21.0 Å². The second-order valence-electron chi connectivity index (χ2n) is 15.0. The molecule has 8 rings (SSSR count). The van der Waals surface area contributed by atoms with E-state index in [1.807, 2.05) is 65.5 Å². The fraction of sp³-hybridized carbons (Fsp3) is 0.302. The van der Waals surface area contributed by atoms with Crippen LogP contribution in [0.15, 0.2) is 104 Å². The molecule has 3 aliphatic heterocycles. The van der Waals surface area contributed by atoms with E-state index in [-0.39, 0.29) is 30.1 Å². The molecule has 5 aromatic rings. The Morgan fingerprint density at radius 3 is 2.40 bits per heavy atom. The topological polar surface area (TPSA) is 142 Å². The van der Waals surface area contributed by atoms with Crippen LogP contribution in [0.4, 0.5) is 22.0 Å². The second-order valence-corrected chi connectivity index (χ2v) is 15.0. The highest BCUT2D eigenvalue weighted by Crippen LogP contribution is 2.34. The van der Waals surface area contributed by atoms with Crippen molar-refractivity contribution >= 4 is 45.9 Å². The molecule has 0 aliphatic carbocycles. The van der Waals surface area contributed by atoms with Gasteiger partial charge in [-0.15, -0.1) is 6.58 Å². The Morgan fingerprint density at radius 1 is 0.947 bits per heavy atom. The summed E-state index contributed by atoms with van der Waals surface area (Å²) < 4.78 is 2.09. The lowest BCUT2D eigenvalue weighted by atomic mass is 9.98. The highest BCUT2D eigenvalue weighted by molar-refractivity contribution is 6.01. The van der Waals surface area contributed by atoms with E-state index in [9.17, 15) is 19.5 Å². The van der Waals surface area contributed by atoms with Crippen molar-refractivity contribution in [1.29, 1.82) is 0 Å². The number of likely N-dealkylation sites (N-methyl/N-ethyl adjacent to an activating group) is 1. The zero-order chi connectivity index (χ0) is 39.6. The van der Waals surface area contributed by atoms with E-state index >= 15 is 0 Å². The Kier molecular flexibility index (Phi) is 10.6. The van der Waals surface area contributed by atoms with Crippen LogP contribution in [0.5, 0.6) is 5.75 Å². The van der Waals surface area contributed by atoms with Gasteiger partial charge in [-0.2, -0.15) is 0 Å². The molecule has 3 fully saturated rings. The average Bonchev–Trinajstić information content (AvgIpc) is 3.55. The number of fused-ring (bicyclic) bond motifs is 2. The third-order valence-electron chi connectivity index (χ3n) is 11.1.